The monoisotopic (exact) mass is 421 g/mol. The van der Waals surface area contributed by atoms with Crippen molar-refractivity contribution in [2.24, 2.45) is 11.5 Å². The summed E-state index contributed by atoms with van der Waals surface area (Å²) < 4.78 is 14.6. The molecular weight excluding hydrogens is 397 g/mol. The van der Waals surface area contributed by atoms with Gasteiger partial charge in [0.05, 0.1) is 5.56 Å². The van der Waals surface area contributed by atoms with E-state index in [0.717, 1.165) is 37.3 Å². The second-order valence-corrected chi connectivity index (χ2v) is 7.55. The largest absolute Gasteiger partial charge is 0.365 e. The van der Waals surface area contributed by atoms with Crippen LogP contribution in [0.4, 0.5) is 21.7 Å². The summed E-state index contributed by atoms with van der Waals surface area (Å²) in [5, 5.41) is 6.16. The summed E-state index contributed by atoms with van der Waals surface area (Å²) in [6.45, 7) is 0. The summed E-state index contributed by atoms with van der Waals surface area (Å²) in [6.07, 6.45) is 7.14. The number of pyridine rings is 1. The molecule has 1 aromatic carbocycles. The van der Waals surface area contributed by atoms with Crippen molar-refractivity contribution >= 4 is 23.2 Å². The molecule has 2 heterocycles. The molecule has 1 aliphatic carbocycles. The van der Waals surface area contributed by atoms with Crippen molar-refractivity contribution in [3.63, 3.8) is 0 Å². The fourth-order valence-corrected chi connectivity index (χ4v) is 3.68. The third kappa shape index (κ3) is 4.77. The first kappa shape index (κ1) is 20.7. The van der Waals surface area contributed by atoms with Gasteiger partial charge in [-0.15, -0.1) is 0 Å². The molecule has 1 aliphatic rings. The maximum Gasteiger partial charge on any atom is 0.252 e. The van der Waals surface area contributed by atoms with Crippen molar-refractivity contribution in [2.75, 3.05) is 10.6 Å². The molecule has 8 nitrogen and oxygen atoms in total. The number of nitrogens with one attached hydrogen (secondary N) is 2. The van der Waals surface area contributed by atoms with Gasteiger partial charge in [0.1, 0.15) is 5.82 Å². The summed E-state index contributed by atoms with van der Waals surface area (Å²) in [4.78, 5) is 24.6. The molecule has 0 radical (unpaired) electrons. The van der Waals surface area contributed by atoms with Crippen LogP contribution < -0.4 is 22.1 Å². The van der Waals surface area contributed by atoms with Crippen LogP contribution in [-0.2, 0) is 0 Å². The Bertz CT molecular complexity index is 1060. The Morgan fingerprint density at radius 3 is 2.45 bits per heavy atom. The average molecular weight is 421 g/mol. The average Bonchev–Trinajstić information content (AvgIpc) is 2.78. The number of halogens is 1. The summed E-state index contributed by atoms with van der Waals surface area (Å²) in [5.74, 6) is -0.603. The lowest BCUT2D eigenvalue weighted by Crippen LogP contribution is -2.43. The molecule has 9 heteroatoms. The highest BCUT2D eigenvalue weighted by Crippen LogP contribution is 2.27. The number of primary amides is 1. The SMILES string of the molecule is NC(=O)c1cc(F)c(N[C@@H]2CCCC[C@@H]2N)nc1Nc1ccc(-c2ncccn2)cc1. The van der Waals surface area contributed by atoms with Crippen LogP contribution in [0, 0.1) is 5.82 Å². The maximum absolute atomic E-state index is 14.6. The van der Waals surface area contributed by atoms with E-state index in [1.807, 2.05) is 12.1 Å². The Labute approximate surface area is 179 Å². The van der Waals surface area contributed by atoms with Gasteiger partial charge in [-0.25, -0.2) is 19.3 Å². The highest BCUT2D eigenvalue weighted by atomic mass is 19.1. The fraction of sp³-hybridized carbons (Fsp3) is 0.273. The summed E-state index contributed by atoms with van der Waals surface area (Å²) in [6, 6.07) is 9.97. The second kappa shape index (κ2) is 9.05. The second-order valence-electron chi connectivity index (χ2n) is 7.55. The lowest BCUT2D eigenvalue weighted by atomic mass is 9.91. The van der Waals surface area contributed by atoms with Crippen LogP contribution in [0.5, 0.6) is 0 Å². The molecule has 0 saturated heterocycles. The van der Waals surface area contributed by atoms with Crippen molar-refractivity contribution in [1.82, 2.24) is 15.0 Å². The zero-order valence-corrected chi connectivity index (χ0v) is 16.9. The van der Waals surface area contributed by atoms with Gasteiger partial charge in [0.2, 0.25) is 0 Å². The number of carbonyl (C=O) groups is 1. The molecule has 1 amide bonds. The normalized spacial score (nSPS) is 18.4. The van der Waals surface area contributed by atoms with Crippen LogP contribution >= 0.6 is 0 Å². The van der Waals surface area contributed by atoms with Crippen LogP contribution in [0.3, 0.4) is 0 Å². The molecule has 160 valence electrons. The number of carbonyl (C=O) groups excluding carboxylic acids is 1. The number of nitrogens with zero attached hydrogens (tertiary/aromatic N) is 3. The molecule has 0 unspecified atom stereocenters. The van der Waals surface area contributed by atoms with Gasteiger partial charge in [0.25, 0.3) is 5.91 Å². The van der Waals surface area contributed by atoms with E-state index in [2.05, 4.69) is 25.6 Å². The molecule has 1 fully saturated rings. The van der Waals surface area contributed by atoms with E-state index >= 15 is 0 Å². The molecule has 2 aromatic heterocycles. The van der Waals surface area contributed by atoms with Crippen molar-refractivity contribution in [3.05, 3.63) is 60.2 Å². The number of nitrogens with two attached hydrogens (primary N) is 2. The van der Waals surface area contributed by atoms with Crippen LogP contribution in [0.25, 0.3) is 11.4 Å². The first-order valence-corrected chi connectivity index (χ1v) is 10.2. The van der Waals surface area contributed by atoms with Gasteiger partial charge in [-0.3, -0.25) is 4.79 Å². The first-order chi connectivity index (χ1) is 15.0. The van der Waals surface area contributed by atoms with Crippen LogP contribution in [0.1, 0.15) is 36.0 Å². The van der Waals surface area contributed by atoms with E-state index in [-0.39, 0.29) is 29.3 Å². The van der Waals surface area contributed by atoms with Gasteiger partial charge in [-0.2, -0.15) is 0 Å². The van der Waals surface area contributed by atoms with Crippen molar-refractivity contribution < 1.29 is 9.18 Å². The smallest absolute Gasteiger partial charge is 0.252 e. The molecule has 1 saturated carbocycles. The highest BCUT2D eigenvalue weighted by molar-refractivity contribution is 5.98. The number of benzene rings is 1. The number of amides is 1. The van der Waals surface area contributed by atoms with E-state index in [9.17, 15) is 9.18 Å². The number of aromatic nitrogens is 3. The van der Waals surface area contributed by atoms with Crippen molar-refractivity contribution in [1.29, 1.82) is 0 Å². The molecule has 0 spiro atoms. The number of rotatable bonds is 6. The van der Waals surface area contributed by atoms with Crippen LogP contribution in [0.2, 0.25) is 0 Å². The predicted molar refractivity (Wildman–Crippen MR) is 117 cm³/mol. The van der Waals surface area contributed by atoms with Gasteiger partial charge in [-0.05, 0) is 49.2 Å². The zero-order chi connectivity index (χ0) is 21.8. The van der Waals surface area contributed by atoms with Gasteiger partial charge < -0.3 is 22.1 Å². The molecule has 0 aliphatic heterocycles. The highest BCUT2D eigenvalue weighted by Gasteiger charge is 2.24. The van der Waals surface area contributed by atoms with Gasteiger partial charge in [0.15, 0.2) is 17.5 Å². The van der Waals surface area contributed by atoms with Crippen LogP contribution in [0.15, 0.2) is 48.8 Å². The van der Waals surface area contributed by atoms with Crippen molar-refractivity contribution in [2.45, 2.75) is 37.8 Å². The van der Waals surface area contributed by atoms with Crippen molar-refractivity contribution in [3.8, 4) is 11.4 Å². The maximum atomic E-state index is 14.6. The Kier molecular flexibility index (Phi) is 6.03. The fourth-order valence-electron chi connectivity index (χ4n) is 3.68. The topological polar surface area (TPSA) is 132 Å². The molecular formula is C22H24FN7O. The van der Waals surface area contributed by atoms with Crippen LogP contribution in [-0.4, -0.2) is 32.9 Å². The van der Waals surface area contributed by atoms with E-state index < -0.39 is 11.7 Å². The van der Waals surface area contributed by atoms with Gasteiger partial charge in [0, 0.05) is 35.7 Å². The third-order valence-corrected chi connectivity index (χ3v) is 5.35. The minimum atomic E-state index is -0.774. The van der Waals surface area contributed by atoms with Gasteiger partial charge in [-0.1, -0.05) is 12.8 Å². The molecule has 3 aromatic rings. The molecule has 0 bridgehead atoms. The van der Waals surface area contributed by atoms with E-state index in [4.69, 9.17) is 11.5 Å². The molecule has 2 atom stereocenters. The Morgan fingerprint density at radius 1 is 1.06 bits per heavy atom. The summed E-state index contributed by atoms with van der Waals surface area (Å²) >= 11 is 0. The van der Waals surface area contributed by atoms with E-state index in [0.29, 0.717) is 11.5 Å². The molecule has 31 heavy (non-hydrogen) atoms. The minimum Gasteiger partial charge on any atom is -0.365 e. The summed E-state index contributed by atoms with van der Waals surface area (Å²) in [7, 11) is 0. The first-order valence-electron chi connectivity index (χ1n) is 10.2. The molecule has 6 N–H and O–H groups in total. The Morgan fingerprint density at radius 2 is 1.77 bits per heavy atom. The molecule has 4 rings (SSSR count). The van der Waals surface area contributed by atoms with E-state index in [1.165, 1.54) is 0 Å². The third-order valence-electron chi connectivity index (χ3n) is 5.35. The van der Waals surface area contributed by atoms with E-state index in [1.54, 1.807) is 30.6 Å². The zero-order valence-electron chi connectivity index (χ0n) is 16.9. The standard InChI is InChI=1S/C22H24FN7O/c23-16-12-15(19(25)31)21(30-22(16)29-18-5-2-1-4-17(18)24)28-14-8-6-13(7-9-14)20-26-10-3-11-27-20/h3,6-12,17-18H,1-2,4-5,24H2,(H2,25,31)(H2,28,29,30)/t17-,18+/m0/s1. The number of hydrogen-bond acceptors (Lipinski definition) is 7. The summed E-state index contributed by atoms with van der Waals surface area (Å²) in [5.41, 5.74) is 13.1. The lowest BCUT2D eigenvalue weighted by Gasteiger charge is -2.30. The number of anilines is 3. The van der Waals surface area contributed by atoms with Gasteiger partial charge >= 0.3 is 0 Å². The Hall–Kier alpha value is -3.59. The predicted octanol–water partition coefficient (Wildman–Crippen LogP) is 3.20. The lowest BCUT2D eigenvalue weighted by molar-refractivity contribution is 0.100. The number of hydrogen-bond donors (Lipinski definition) is 4. The minimum absolute atomic E-state index is 0.0357. The Balaban J connectivity index is 1.59. The quantitative estimate of drug-likeness (QED) is 0.480.